The van der Waals surface area contributed by atoms with Gasteiger partial charge in [0.15, 0.2) is 0 Å². The molecule has 2 aliphatic carbocycles. The Balaban J connectivity index is 1.36. The minimum atomic E-state index is -4.04. The molecule has 0 radical (unpaired) electrons. The molecule has 2 heterocycles. The van der Waals surface area contributed by atoms with Gasteiger partial charge >= 0.3 is 10.3 Å². The van der Waals surface area contributed by atoms with Gasteiger partial charge in [-0.15, -0.1) is 11.3 Å². The fourth-order valence-corrected chi connectivity index (χ4v) is 6.30. The Kier molecular flexibility index (Phi) is 5.62. The van der Waals surface area contributed by atoms with Crippen molar-refractivity contribution in [2.24, 2.45) is 11.1 Å². The van der Waals surface area contributed by atoms with E-state index in [1.165, 1.54) is 23.7 Å². The summed E-state index contributed by atoms with van der Waals surface area (Å²) < 4.78 is 41.3. The van der Waals surface area contributed by atoms with Crippen LogP contribution in [0.1, 0.15) is 47.9 Å². The minimum Gasteiger partial charge on any atom is -0.393 e. The van der Waals surface area contributed by atoms with Crippen LogP contribution >= 0.6 is 11.3 Å². The lowest BCUT2D eigenvalue weighted by Gasteiger charge is -2.15. The van der Waals surface area contributed by atoms with Crippen molar-refractivity contribution in [3.63, 3.8) is 0 Å². The zero-order valence-corrected chi connectivity index (χ0v) is 18.7. The number of benzene rings is 1. The van der Waals surface area contributed by atoms with Crippen molar-refractivity contribution in [3.05, 3.63) is 52.4 Å². The van der Waals surface area contributed by atoms with Gasteiger partial charge in [0, 0.05) is 5.92 Å². The Labute approximate surface area is 188 Å². The average Bonchev–Trinajstić information content (AvgIpc) is 3.43. The van der Waals surface area contributed by atoms with Gasteiger partial charge in [0.05, 0.1) is 29.0 Å². The number of nitrogens with zero attached hydrogens (tertiary/aromatic N) is 2. The number of nitrogens with one attached hydrogen (secondary N) is 1. The summed E-state index contributed by atoms with van der Waals surface area (Å²) in [7, 11) is -4.04. The Hall–Kier alpha value is -2.18. The zero-order valence-electron chi connectivity index (χ0n) is 17.1. The molecule has 170 valence electrons. The first-order valence-electron chi connectivity index (χ1n) is 10.4. The van der Waals surface area contributed by atoms with E-state index in [1.54, 1.807) is 6.07 Å². The van der Waals surface area contributed by atoms with Crippen molar-refractivity contribution in [1.29, 1.82) is 0 Å². The van der Waals surface area contributed by atoms with Crippen LogP contribution in [0.5, 0.6) is 0 Å². The lowest BCUT2D eigenvalue weighted by Crippen LogP contribution is -2.24. The molecule has 4 atom stereocenters. The second-order valence-electron chi connectivity index (χ2n) is 8.44. The van der Waals surface area contributed by atoms with Gasteiger partial charge in [-0.1, -0.05) is 6.07 Å². The largest absolute Gasteiger partial charge is 0.393 e. The molecule has 5 rings (SSSR count). The molecule has 2 aromatic heterocycles. The van der Waals surface area contributed by atoms with Gasteiger partial charge in [0.25, 0.3) is 0 Å². The molecule has 1 fully saturated rings. The van der Waals surface area contributed by atoms with E-state index < -0.39 is 16.4 Å². The molecule has 11 heteroatoms. The lowest BCUT2D eigenvalue weighted by atomic mass is 9.98. The number of rotatable bonds is 6. The van der Waals surface area contributed by atoms with Crippen LogP contribution in [0.4, 0.5) is 10.2 Å². The SMILES string of the molecule is NS(=O)(=O)OC[C@@H]1CC(c2csc3c(NC4CCc5cc(F)ccc54)ncnc23)C[C@@H]1O. The van der Waals surface area contributed by atoms with Gasteiger partial charge < -0.3 is 10.4 Å². The maximum Gasteiger partial charge on any atom is 0.333 e. The fourth-order valence-electron chi connectivity index (χ4n) is 4.88. The molecule has 8 nitrogen and oxygen atoms in total. The van der Waals surface area contributed by atoms with E-state index in [2.05, 4.69) is 15.3 Å². The number of fused-ring (bicyclic) bond motifs is 2. The van der Waals surface area contributed by atoms with Crippen molar-refractivity contribution in [3.8, 4) is 0 Å². The third-order valence-corrected chi connectivity index (χ3v) is 7.88. The van der Waals surface area contributed by atoms with Crippen molar-refractivity contribution in [1.82, 2.24) is 9.97 Å². The number of hydrogen-bond acceptors (Lipinski definition) is 8. The monoisotopic (exact) mass is 478 g/mol. The maximum absolute atomic E-state index is 13.5. The van der Waals surface area contributed by atoms with Crippen LogP contribution in [0, 0.1) is 11.7 Å². The van der Waals surface area contributed by atoms with Gasteiger partial charge in [0.1, 0.15) is 18.0 Å². The number of anilines is 1. The van der Waals surface area contributed by atoms with Crippen molar-refractivity contribution in [2.45, 2.75) is 43.7 Å². The third kappa shape index (κ3) is 4.23. The van der Waals surface area contributed by atoms with Crippen LogP contribution in [-0.2, 0) is 20.9 Å². The van der Waals surface area contributed by atoms with Crippen LogP contribution in [0.3, 0.4) is 0 Å². The van der Waals surface area contributed by atoms with Crippen LogP contribution in [0.2, 0.25) is 0 Å². The number of halogens is 1. The van der Waals surface area contributed by atoms with Crippen LogP contribution in [0.15, 0.2) is 29.9 Å². The number of aryl methyl sites for hydroxylation is 1. The molecule has 0 aliphatic heterocycles. The Morgan fingerprint density at radius 2 is 2.12 bits per heavy atom. The first kappa shape index (κ1) is 21.7. The number of aliphatic hydroxyl groups excluding tert-OH is 1. The average molecular weight is 479 g/mol. The molecule has 3 aromatic rings. The molecule has 4 N–H and O–H groups in total. The molecule has 2 aliphatic rings. The summed E-state index contributed by atoms with van der Waals surface area (Å²) >= 11 is 1.54. The van der Waals surface area contributed by atoms with Crippen molar-refractivity contribution in [2.75, 3.05) is 11.9 Å². The van der Waals surface area contributed by atoms with Crippen LogP contribution in [-0.4, -0.2) is 36.2 Å². The van der Waals surface area contributed by atoms with Gasteiger partial charge in [-0.05, 0) is 65.8 Å². The third-order valence-electron chi connectivity index (χ3n) is 6.42. The summed E-state index contributed by atoms with van der Waals surface area (Å²) in [5.41, 5.74) is 3.95. The molecular weight excluding hydrogens is 455 g/mol. The molecule has 32 heavy (non-hydrogen) atoms. The van der Waals surface area contributed by atoms with Gasteiger partial charge in [0.2, 0.25) is 0 Å². The van der Waals surface area contributed by atoms with E-state index in [0.29, 0.717) is 12.8 Å². The summed E-state index contributed by atoms with van der Waals surface area (Å²) in [5.74, 6) is 0.234. The second kappa shape index (κ2) is 8.31. The summed E-state index contributed by atoms with van der Waals surface area (Å²) in [6.45, 7) is -0.137. The smallest absolute Gasteiger partial charge is 0.333 e. The molecule has 2 unspecified atom stereocenters. The summed E-state index contributed by atoms with van der Waals surface area (Å²) in [4.78, 5) is 8.94. The van der Waals surface area contributed by atoms with Crippen LogP contribution < -0.4 is 10.5 Å². The predicted octanol–water partition coefficient (Wildman–Crippen LogP) is 3.00. The van der Waals surface area contributed by atoms with E-state index in [4.69, 9.17) is 9.32 Å². The van der Waals surface area contributed by atoms with E-state index in [0.717, 1.165) is 45.6 Å². The summed E-state index contributed by atoms with van der Waals surface area (Å²) in [6.07, 6.45) is 3.61. The highest BCUT2D eigenvalue weighted by Crippen LogP contribution is 2.44. The van der Waals surface area contributed by atoms with Gasteiger partial charge in [-0.25, -0.2) is 19.5 Å². The molecule has 0 spiro atoms. The van der Waals surface area contributed by atoms with E-state index in [9.17, 15) is 17.9 Å². The van der Waals surface area contributed by atoms with E-state index in [-0.39, 0.29) is 30.3 Å². The highest BCUT2D eigenvalue weighted by Gasteiger charge is 2.36. The highest BCUT2D eigenvalue weighted by molar-refractivity contribution is 7.84. The number of thiophene rings is 1. The molecule has 0 bridgehead atoms. The highest BCUT2D eigenvalue weighted by atomic mass is 32.2. The minimum absolute atomic E-state index is 0.0331. The Morgan fingerprint density at radius 1 is 1.28 bits per heavy atom. The lowest BCUT2D eigenvalue weighted by molar-refractivity contribution is 0.101. The van der Waals surface area contributed by atoms with Crippen molar-refractivity contribution < 1.29 is 22.1 Å². The quantitative estimate of drug-likeness (QED) is 0.497. The van der Waals surface area contributed by atoms with E-state index in [1.807, 2.05) is 11.4 Å². The first-order chi connectivity index (χ1) is 15.3. The number of aromatic nitrogens is 2. The van der Waals surface area contributed by atoms with E-state index >= 15 is 0 Å². The van der Waals surface area contributed by atoms with Gasteiger partial charge in [-0.2, -0.15) is 8.42 Å². The number of nitrogens with two attached hydrogens (primary N) is 1. The first-order valence-corrected chi connectivity index (χ1v) is 12.8. The molecular formula is C21H23FN4O4S2. The standard InChI is InChI=1S/C21H23FN4O4S2/c22-14-2-3-15-11(6-14)1-4-17(15)26-21-20-19(24-10-25-21)16(9-31-20)12-5-13(18(27)7-12)8-30-32(23,28)29/h2-3,6,9-10,12-13,17-18,27H,1,4-5,7-8H2,(H2,23,28,29)(H,24,25,26)/t12?,13-,17?,18-/m0/s1. The van der Waals surface area contributed by atoms with Crippen LogP contribution in [0.25, 0.3) is 10.2 Å². The summed E-state index contributed by atoms with van der Waals surface area (Å²) in [6, 6.07) is 4.97. The predicted molar refractivity (Wildman–Crippen MR) is 119 cm³/mol. The molecule has 0 saturated heterocycles. The Morgan fingerprint density at radius 3 is 2.94 bits per heavy atom. The maximum atomic E-state index is 13.5. The Bertz CT molecular complexity index is 1270. The molecule has 0 amide bonds. The fraction of sp³-hybridized carbons (Fsp3) is 0.429. The number of aliphatic hydroxyl groups is 1. The van der Waals surface area contributed by atoms with Crippen molar-refractivity contribution >= 4 is 37.7 Å². The molecule has 1 aromatic carbocycles. The topological polar surface area (TPSA) is 127 Å². The zero-order chi connectivity index (χ0) is 22.5. The summed E-state index contributed by atoms with van der Waals surface area (Å²) in [5, 5.41) is 20.8. The molecule has 1 saturated carbocycles. The number of hydrogen-bond donors (Lipinski definition) is 3. The normalized spacial score (nSPS) is 25.3. The second-order valence-corrected chi connectivity index (χ2v) is 10.5. The van der Waals surface area contributed by atoms with Gasteiger partial charge in [-0.3, -0.25) is 4.18 Å².